The smallest absolute Gasteiger partial charge is 0.416 e. The third kappa shape index (κ3) is 6.21. The van der Waals surface area contributed by atoms with Crippen LogP contribution in [0.5, 0.6) is 11.5 Å². The molecule has 1 unspecified atom stereocenters. The van der Waals surface area contributed by atoms with Crippen LogP contribution in [0.4, 0.5) is 33.3 Å². The van der Waals surface area contributed by atoms with E-state index in [0.29, 0.717) is 11.6 Å². The van der Waals surface area contributed by atoms with Crippen molar-refractivity contribution in [3.63, 3.8) is 0 Å². The van der Waals surface area contributed by atoms with Gasteiger partial charge in [-0.15, -0.1) is 0 Å². The molecule has 3 aromatic rings. The van der Waals surface area contributed by atoms with E-state index < -0.39 is 41.1 Å². The van der Waals surface area contributed by atoms with E-state index in [2.05, 4.69) is 10.6 Å². The lowest BCUT2D eigenvalue weighted by Gasteiger charge is -2.16. The molecule has 0 bridgehead atoms. The van der Waals surface area contributed by atoms with Crippen LogP contribution in [-0.2, 0) is 6.18 Å². The van der Waals surface area contributed by atoms with Gasteiger partial charge < -0.3 is 26.2 Å². The third-order valence-electron chi connectivity index (χ3n) is 4.63. The summed E-state index contributed by atoms with van der Waals surface area (Å²) < 4.78 is 72.8. The summed E-state index contributed by atoms with van der Waals surface area (Å²) in [7, 11) is 0. The number of anilines is 2. The van der Waals surface area contributed by atoms with Crippen LogP contribution in [0.2, 0.25) is 0 Å². The Bertz CT molecular complexity index is 1200. The fourth-order valence-corrected chi connectivity index (χ4v) is 2.97. The number of rotatable bonds is 7. The topological polar surface area (TPSA) is 96.6 Å². The van der Waals surface area contributed by atoms with Crippen molar-refractivity contribution < 1.29 is 36.6 Å². The Labute approximate surface area is 191 Å². The highest BCUT2D eigenvalue weighted by atomic mass is 19.4. The third-order valence-corrected chi connectivity index (χ3v) is 4.63. The highest BCUT2D eigenvalue weighted by molar-refractivity contribution is 6.06. The SMILES string of the molecule is Cc1cc(F)ccc1Oc1ccc(C(F)(F)F)cc1C(=O)Nc1ccc(F)c(NCC(N)O)c1. The number of ether oxygens (including phenoxy) is 1. The van der Waals surface area contributed by atoms with Crippen molar-refractivity contribution >= 4 is 17.3 Å². The lowest BCUT2D eigenvalue weighted by Crippen LogP contribution is -2.28. The van der Waals surface area contributed by atoms with Gasteiger partial charge in [0.2, 0.25) is 0 Å². The van der Waals surface area contributed by atoms with Gasteiger partial charge in [0.05, 0.1) is 23.4 Å². The fourth-order valence-electron chi connectivity index (χ4n) is 2.97. The average molecular weight is 481 g/mol. The van der Waals surface area contributed by atoms with E-state index in [1.807, 2.05) is 0 Å². The number of benzene rings is 3. The number of hydrogen-bond donors (Lipinski definition) is 4. The van der Waals surface area contributed by atoms with Gasteiger partial charge in [-0.05, 0) is 67.1 Å². The summed E-state index contributed by atoms with van der Waals surface area (Å²) in [6.07, 6.45) is -5.99. The highest BCUT2D eigenvalue weighted by Crippen LogP contribution is 2.35. The van der Waals surface area contributed by atoms with Crippen molar-refractivity contribution in [2.45, 2.75) is 19.3 Å². The summed E-state index contributed by atoms with van der Waals surface area (Å²) in [5.41, 5.74) is 4.00. The average Bonchev–Trinajstić information content (AvgIpc) is 2.75. The van der Waals surface area contributed by atoms with Gasteiger partial charge in [-0.25, -0.2) is 8.78 Å². The first kappa shape index (κ1) is 24.9. The number of aryl methyl sites for hydroxylation is 1. The molecule has 0 aliphatic heterocycles. The van der Waals surface area contributed by atoms with Gasteiger partial charge in [-0.1, -0.05) is 0 Å². The molecule has 11 heteroatoms. The lowest BCUT2D eigenvalue weighted by atomic mass is 10.1. The summed E-state index contributed by atoms with van der Waals surface area (Å²) in [6.45, 7) is 1.35. The zero-order valence-electron chi connectivity index (χ0n) is 17.7. The maximum atomic E-state index is 14.0. The molecule has 0 aliphatic carbocycles. The van der Waals surface area contributed by atoms with Crippen LogP contribution in [-0.4, -0.2) is 23.8 Å². The Balaban J connectivity index is 1.94. The van der Waals surface area contributed by atoms with Crippen LogP contribution in [0, 0.1) is 18.6 Å². The van der Waals surface area contributed by atoms with E-state index in [9.17, 15) is 26.7 Å². The van der Waals surface area contributed by atoms with Gasteiger partial charge in [0.1, 0.15) is 29.4 Å². The Morgan fingerprint density at radius 1 is 1.06 bits per heavy atom. The van der Waals surface area contributed by atoms with Gasteiger partial charge in [-0.3, -0.25) is 4.79 Å². The van der Waals surface area contributed by atoms with Crippen molar-refractivity contribution in [1.29, 1.82) is 0 Å². The summed E-state index contributed by atoms with van der Waals surface area (Å²) in [5.74, 6) is -2.25. The summed E-state index contributed by atoms with van der Waals surface area (Å²) in [4.78, 5) is 12.9. The molecule has 0 radical (unpaired) electrons. The molecule has 1 atom stereocenters. The number of hydrogen-bond acceptors (Lipinski definition) is 5. The molecule has 3 aromatic carbocycles. The maximum Gasteiger partial charge on any atom is 0.416 e. The number of carbonyl (C=O) groups excluding carboxylic acids is 1. The normalized spacial score (nSPS) is 12.2. The van der Waals surface area contributed by atoms with Crippen LogP contribution in [0.25, 0.3) is 0 Å². The number of aliphatic hydroxyl groups is 1. The van der Waals surface area contributed by atoms with E-state index in [1.54, 1.807) is 0 Å². The molecule has 180 valence electrons. The second-order valence-electron chi connectivity index (χ2n) is 7.32. The van der Waals surface area contributed by atoms with Crippen molar-refractivity contribution in [3.8, 4) is 11.5 Å². The van der Waals surface area contributed by atoms with Gasteiger partial charge in [0.25, 0.3) is 5.91 Å². The minimum Gasteiger partial charge on any atom is -0.456 e. The molecular formula is C23H20F5N3O3. The molecule has 0 spiro atoms. The Morgan fingerprint density at radius 2 is 1.76 bits per heavy atom. The van der Waals surface area contributed by atoms with Gasteiger partial charge in [-0.2, -0.15) is 13.2 Å². The minimum atomic E-state index is -4.73. The number of nitrogens with one attached hydrogen (secondary N) is 2. The molecule has 0 aromatic heterocycles. The van der Waals surface area contributed by atoms with E-state index in [0.717, 1.165) is 24.3 Å². The zero-order chi connectivity index (χ0) is 25.0. The first-order chi connectivity index (χ1) is 15.9. The van der Waals surface area contributed by atoms with Gasteiger partial charge in [0.15, 0.2) is 0 Å². The molecule has 3 rings (SSSR count). The second kappa shape index (κ2) is 10.1. The number of halogens is 5. The first-order valence-corrected chi connectivity index (χ1v) is 9.87. The summed E-state index contributed by atoms with van der Waals surface area (Å²) in [6, 6.07) is 9.34. The molecular weight excluding hydrogens is 461 g/mol. The number of nitrogens with two attached hydrogens (primary N) is 1. The molecule has 0 heterocycles. The van der Waals surface area contributed by atoms with Crippen molar-refractivity contribution in [2.75, 3.05) is 17.2 Å². The highest BCUT2D eigenvalue weighted by Gasteiger charge is 2.32. The maximum absolute atomic E-state index is 14.0. The number of amides is 1. The van der Waals surface area contributed by atoms with Crippen LogP contribution < -0.4 is 21.1 Å². The van der Waals surface area contributed by atoms with Gasteiger partial charge in [0, 0.05) is 5.69 Å². The van der Waals surface area contributed by atoms with Crippen molar-refractivity contribution in [2.24, 2.45) is 5.73 Å². The molecule has 1 amide bonds. The summed E-state index contributed by atoms with van der Waals surface area (Å²) in [5, 5.41) is 14.1. The van der Waals surface area contributed by atoms with E-state index in [1.165, 1.54) is 31.2 Å². The molecule has 0 saturated heterocycles. The standard InChI is InChI=1S/C23H20F5N3O3/c1-12-8-14(24)3-7-19(12)34-20-6-2-13(23(26,27)28)9-16(20)22(33)31-15-4-5-17(25)18(10-15)30-11-21(29)32/h2-10,21,30,32H,11,29H2,1H3,(H,31,33). The zero-order valence-corrected chi connectivity index (χ0v) is 17.7. The predicted molar refractivity (Wildman–Crippen MR) is 116 cm³/mol. The fraction of sp³-hybridized carbons (Fsp3) is 0.174. The van der Waals surface area contributed by atoms with E-state index >= 15 is 0 Å². The molecule has 0 fully saturated rings. The van der Waals surface area contributed by atoms with Crippen molar-refractivity contribution in [1.82, 2.24) is 0 Å². The van der Waals surface area contributed by atoms with Crippen LogP contribution in [0.3, 0.4) is 0 Å². The second-order valence-corrected chi connectivity index (χ2v) is 7.32. The Kier molecular flexibility index (Phi) is 7.38. The number of aliphatic hydroxyl groups excluding tert-OH is 1. The first-order valence-electron chi connectivity index (χ1n) is 9.87. The van der Waals surface area contributed by atoms with Gasteiger partial charge >= 0.3 is 6.18 Å². The molecule has 6 nitrogen and oxygen atoms in total. The quantitative estimate of drug-likeness (QED) is 0.281. The number of carbonyl (C=O) groups is 1. The molecule has 5 N–H and O–H groups in total. The van der Waals surface area contributed by atoms with Crippen LogP contribution in [0.15, 0.2) is 54.6 Å². The monoisotopic (exact) mass is 481 g/mol. The largest absolute Gasteiger partial charge is 0.456 e. The van der Waals surface area contributed by atoms with E-state index in [-0.39, 0.29) is 29.4 Å². The number of alkyl halides is 3. The Hall–Kier alpha value is -3.70. The summed E-state index contributed by atoms with van der Waals surface area (Å²) >= 11 is 0. The van der Waals surface area contributed by atoms with E-state index in [4.69, 9.17) is 15.6 Å². The molecule has 0 aliphatic rings. The van der Waals surface area contributed by atoms with Crippen LogP contribution in [0.1, 0.15) is 21.5 Å². The lowest BCUT2D eigenvalue weighted by molar-refractivity contribution is -0.137. The van der Waals surface area contributed by atoms with Crippen molar-refractivity contribution in [3.05, 3.63) is 82.9 Å². The van der Waals surface area contributed by atoms with Crippen LogP contribution >= 0.6 is 0 Å². The predicted octanol–water partition coefficient (Wildman–Crippen LogP) is 5.03. The molecule has 34 heavy (non-hydrogen) atoms. The minimum absolute atomic E-state index is 0.0572. The molecule has 0 saturated carbocycles. The Morgan fingerprint density at radius 3 is 2.41 bits per heavy atom.